The van der Waals surface area contributed by atoms with Gasteiger partial charge in [-0.05, 0) is 83.4 Å². The number of rotatable bonds is 4. The van der Waals surface area contributed by atoms with Crippen molar-refractivity contribution in [2.75, 3.05) is 13.2 Å². The largest absolute Gasteiger partial charge is 0.450 e. The molecule has 1 saturated heterocycles. The van der Waals surface area contributed by atoms with Crippen LogP contribution >= 0.6 is 0 Å². The van der Waals surface area contributed by atoms with Crippen molar-refractivity contribution in [1.82, 2.24) is 0 Å². The Morgan fingerprint density at radius 1 is 1.10 bits per heavy atom. The molecule has 0 aromatic heterocycles. The van der Waals surface area contributed by atoms with Crippen LogP contribution in [0, 0.1) is 32.1 Å². The van der Waals surface area contributed by atoms with E-state index in [9.17, 15) is 9.59 Å². The molecule has 1 unspecified atom stereocenters. The van der Waals surface area contributed by atoms with Crippen LogP contribution < -0.4 is 0 Å². The van der Waals surface area contributed by atoms with Gasteiger partial charge in [0.25, 0.3) is 0 Å². The van der Waals surface area contributed by atoms with Gasteiger partial charge in [-0.2, -0.15) is 0 Å². The zero-order valence-electron chi connectivity index (χ0n) is 18.4. The summed E-state index contributed by atoms with van der Waals surface area (Å²) in [6.45, 7) is 12.8. The maximum absolute atomic E-state index is 13.0. The first kappa shape index (κ1) is 21.6. The molecule has 0 saturated carbocycles. The smallest absolute Gasteiger partial charge is 0.343 e. The lowest BCUT2D eigenvalue weighted by molar-refractivity contribution is -0.152. The van der Waals surface area contributed by atoms with E-state index in [-0.39, 0.29) is 5.97 Å². The lowest BCUT2D eigenvalue weighted by Gasteiger charge is -2.26. The molecule has 2 aliphatic heterocycles. The van der Waals surface area contributed by atoms with E-state index >= 15 is 0 Å². The lowest BCUT2D eigenvalue weighted by atomic mass is 9.90. The van der Waals surface area contributed by atoms with Gasteiger partial charge in [0.2, 0.25) is 0 Å². The summed E-state index contributed by atoms with van der Waals surface area (Å²) in [4.78, 5) is 25.7. The van der Waals surface area contributed by atoms with Crippen LogP contribution in [0.5, 0.6) is 0 Å². The van der Waals surface area contributed by atoms with Crippen molar-refractivity contribution in [3.8, 4) is 0 Å². The summed E-state index contributed by atoms with van der Waals surface area (Å²) >= 11 is 0. The Kier molecular flexibility index (Phi) is 6.18. The highest BCUT2D eigenvalue weighted by Crippen LogP contribution is 2.39. The third-order valence-corrected chi connectivity index (χ3v) is 5.62. The minimum absolute atomic E-state index is 0.359. The first-order chi connectivity index (χ1) is 13.6. The molecule has 1 atom stereocenters. The molecule has 1 aromatic rings. The molecule has 0 spiro atoms. The van der Waals surface area contributed by atoms with Crippen LogP contribution in [-0.4, -0.2) is 31.3 Å². The van der Waals surface area contributed by atoms with Gasteiger partial charge in [-0.3, -0.25) is 4.79 Å². The zero-order valence-corrected chi connectivity index (χ0v) is 18.4. The van der Waals surface area contributed by atoms with E-state index in [1.807, 2.05) is 53.7 Å². The Morgan fingerprint density at radius 2 is 1.69 bits per heavy atom. The van der Waals surface area contributed by atoms with E-state index in [1.54, 1.807) is 0 Å². The summed E-state index contributed by atoms with van der Waals surface area (Å²) < 4.78 is 17.1. The van der Waals surface area contributed by atoms with E-state index in [4.69, 9.17) is 14.2 Å². The Morgan fingerprint density at radius 3 is 2.24 bits per heavy atom. The highest BCUT2D eigenvalue weighted by atomic mass is 16.6. The van der Waals surface area contributed by atoms with Gasteiger partial charge < -0.3 is 14.2 Å². The van der Waals surface area contributed by atoms with Crippen molar-refractivity contribution in [2.24, 2.45) is 11.3 Å². The van der Waals surface area contributed by atoms with E-state index in [1.165, 1.54) is 0 Å². The lowest BCUT2D eigenvalue weighted by Crippen LogP contribution is -2.28. The van der Waals surface area contributed by atoms with Crippen LogP contribution in [0.1, 0.15) is 62.3 Å². The predicted molar refractivity (Wildman–Crippen MR) is 111 cm³/mol. The molecule has 2 aliphatic rings. The third kappa shape index (κ3) is 4.72. The van der Waals surface area contributed by atoms with Crippen LogP contribution in [-0.2, 0) is 23.8 Å². The van der Waals surface area contributed by atoms with Crippen molar-refractivity contribution in [3.63, 3.8) is 0 Å². The first-order valence-corrected chi connectivity index (χ1v) is 10.4. The molecule has 0 amide bonds. The second-order valence-electron chi connectivity index (χ2n) is 9.34. The highest BCUT2D eigenvalue weighted by Gasteiger charge is 2.41. The van der Waals surface area contributed by atoms with Crippen molar-refractivity contribution < 1.29 is 23.8 Å². The quantitative estimate of drug-likeness (QED) is 0.688. The van der Waals surface area contributed by atoms with E-state index < -0.39 is 17.5 Å². The number of ether oxygens (including phenoxy) is 3. The summed E-state index contributed by atoms with van der Waals surface area (Å²) in [7, 11) is 0. The van der Waals surface area contributed by atoms with E-state index in [0.29, 0.717) is 23.7 Å². The molecule has 158 valence electrons. The topological polar surface area (TPSA) is 61.8 Å². The normalized spacial score (nSPS) is 20.8. The van der Waals surface area contributed by atoms with Crippen molar-refractivity contribution in [2.45, 2.75) is 66.9 Å². The number of carbonyl (C=O) groups excluding carboxylic acids is 2. The summed E-state index contributed by atoms with van der Waals surface area (Å²) in [6, 6.07) is 4.08. The number of benzene rings is 1. The number of aryl methyl sites for hydroxylation is 3. The van der Waals surface area contributed by atoms with E-state index in [2.05, 4.69) is 0 Å². The Balaban J connectivity index is 2.05. The Bertz CT molecular complexity index is 814. The van der Waals surface area contributed by atoms with Crippen LogP contribution in [0.25, 0.3) is 5.57 Å². The van der Waals surface area contributed by atoms with Crippen LogP contribution in [0.3, 0.4) is 0 Å². The zero-order chi connectivity index (χ0) is 21.3. The summed E-state index contributed by atoms with van der Waals surface area (Å²) in [6.07, 6.45) is 1.96. The molecule has 5 heteroatoms. The van der Waals surface area contributed by atoms with Crippen molar-refractivity contribution >= 4 is 17.5 Å². The van der Waals surface area contributed by atoms with Gasteiger partial charge in [0.1, 0.15) is 5.57 Å². The molecule has 29 heavy (non-hydrogen) atoms. The molecule has 3 rings (SSSR count). The van der Waals surface area contributed by atoms with Gasteiger partial charge in [-0.1, -0.05) is 17.7 Å². The summed E-state index contributed by atoms with van der Waals surface area (Å²) in [5.41, 5.74) is 3.62. The first-order valence-electron chi connectivity index (χ1n) is 10.4. The minimum Gasteiger partial charge on any atom is -0.450 e. The molecule has 0 bridgehead atoms. The fraction of sp³-hybridized carbons (Fsp3) is 0.583. The number of esters is 2. The molecule has 5 nitrogen and oxygen atoms in total. The average Bonchev–Trinajstić information content (AvgIpc) is 2.90. The fourth-order valence-corrected chi connectivity index (χ4v) is 4.11. The fourth-order valence-electron chi connectivity index (χ4n) is 4.11. The Labute approximate surface area is 173 Å². The number of cyclic esters (lactones) is 1. The predicted octanol–water partition coefficient (Wildman–Crippen LogP) is 4.65. The monoisotopic (exact) mass is 400 g/mol. The minimum atomic E-state index is -0.676. The number of hydrogen-bond donors (Lipinski definition) is 0. The summed E-state index contributed by atoms with van der Waals surface area (Å²) in [5, 5.41) is 0. The number of carbonyl (C=O) groups is 2. The number of hydrogen-bond acceptors (Lipinski definition) is 5. The van der Waals surface area contributed by atoms with Gasteiger partial charge in [-0.15, -0.1) is 0 Å². The third-order valence-electron chi connectivity index (χ3n) is 5.62. The van der Waals surface area contributed by atoms with Gasteiger partial charge in [-0.25, -0.2) is 4.79 Å². The standard InChI is InChI=1S/C24H32O5/c1-14-11-15(2)19(16(3)12-14)20-21(29-23(26)24(4,5)6)18(28-22(20)25)13-17-7-9-27-10-8-17/h11-12,17-18H,7-10,13H2,1-6H3. The van der Waals surface area contributed by atoms with Crippen LogP contribution in [0.4, 0.5) is 0 Å². The molecule has 2 heterocycles. The second kappa shape index (κ2) is 8.31. The van der Waals surface area contributed by atoms with Crippen LogP contribution in [0.15, 0.2) is 17.9 Å². The average molecular weight is 401 g/mol. The van der Waals surface area contributed by atoms with Crippen LogP contribution in [0.2, 0.25) is 0 Å². The molecular formula is C24H32O5. The molecule has 0 aliphatic carbocycles. The molecule has 1 fully saturated rings. The molecular weight excluding hydrogens is 368 g/mol. The SMILES string of the molecule is Cc1cc(C)c(C2=C(OC(=O)C(C)(C)C)C(CC3CCOCC3)OC2=O)c(C)c1. The van der Waals surface area contributed by atoms with Crippen molar-refractivity contribution in [1.29, 1.82) is 0 Å². The van der Waals surface area contributed by atoms with Gasteiger partial charge in [0, 0.05) is 13.2 Å². The molecule has 0 radical (unpaired) electrons. The van der Waals surface area contributed by atoms with Crippen molar-refractivity contribution in [3.05, 3.63) is 40.1 Å². The van der Waals surface area contributed by atoms with Gasteiger partial charge in [0.05, 0.1) is 5.41 Å². The highest BCUT2D eigenvalue weighted by molar-refractivity contribution is 6.20. The van der Waals surface area contributed by atoms with Gasteiger partial charge >= 0.3 is 11.9 Å². The summed E-state index contributed by atoms with van der Waals surface area (Å²) in [5.74, 6) is -0.0163. The van der Waals surface area contributed by atoms with E-state index in [0.717, 1.165) is 48.3 Å². The second-order valence-corrected chi connectivity index (χ2v) is 9.34. The maximum Gasteiger partial charge on any atom is 0.343 e. The Hall–Kier alpha value is -2.14. The maximum atomic E-state index is 13.0. The van der Waals surface area contributed by atoms with Gasteiger partial charge in [0.15, 0.2) is 11.9 Å². The molecule has 1 aromatic carbocycles. The molecule has 0 N–H and O–H groups in total.